The molecular weight excluding hydrogens is 455 g/mol. The molecule has 1 saturated carbocycles. The SMILES string of the molecule is C.O.O.[Cu+2].[Cu+2].[O-]c1ccccc1[N-]C1C([O-])C([N-]c2ccccc2O)C1O. The van der Waals surface area contributed by atoms with E-state index in [0.29, 0.717) is 0 Å². The van der Waals surface area contributed by atoms with Crippen molar-refractivity contribution >= 4 is 11.4 Å². The summed E-state index contributed by atoms with van der Waals surface area (Å²) in [6.45, 7) is 0. The van der Waals surface area contributed by atoms with Gasteiger partial charge in [-0.3, -0.25) is 0 Å². The molecule has 2 aromatic rings. The van der Waals surface area contributed by atoms with Crippen molar-refractivity contribution in [3.8, 4) is 11.5 Å². The van der Waals surface area contributed by atoms with Gasteiger partial charge >= 0.3 is 34.1 Å². The molecule has 0 aliphatic heterocycles. The van der Waals surface area contributed by atoms with Gasteiger partial charge in [0.2, 0.25) is 0 Å². The summed E-state index contributed by atoms with van der Waals surface area (Å²) in [5, 5.41) is 51.6. The van der Waals surface area contributed by atoms with Gasteiger partial charge in [-0.15, -0.1) is 29.6 Å². The quantitative estimate of drug-likeness (QED) is 0.589. The number of aliphatic hydroxyl groups is 1. The number of hydrogen-bond donors (Lipinski definition) is 2. The number of para-hydroxylation sites is 4. The van der Waals surface area contributed by atoms with Gasteiger partial charge in [-0.1, -0.05) is 55.6 Å². The zero-order chi connectivity index (χ0) is 15.7. The van der Waals surface area contributed by atoms with Crippen LogP contribution in [-0.2, 0) is 34.1 Å². The summed E-state index contributed by atoms with van der Waals surface area (Å²) in [4.78, 5) is 0. The van der Waals surface area contributed by atoms with Crippen molar-refractivity contribution in [3.63, 3.8) is 0 Å². The molecule has 4 atom stereocenters. The van der Waals surface area contributed by atoms with Crippen molar-refractivity contribution in [1.82, 2.24) is 0 Å². The Hall–Kier alpha value is -1.48. The van der Waals surface area contributed by atoms with E-state index in [1.807, 2.05) is 0 Å². The summed E-state index contributed by atoms with van der Waals surface area (Å²) in [6.07, 6.45) is -2.32. The number of aromatic hydroxyl groups is 1. The monoisotopic (exact) mass is 476 g/mol. The topological polar surface area (TPSA) is 178 Å². The standard InChI is InChI=1S/C16H15N2O4.CH4.2Cu.2H2O/c19-11-7-3-1-5-9(11)17-13-15(21)14(16(13)22)18-10-6-2-4-8-12(10)20;;;;;/h1-8,13-16,19-21H;1H4;;;2*1H2/q-3;;2*+2;;/p-1. The predicted octanol–water partition coefficient (Wildman–Crippen LogP) is -0.00130. The van der Waals surface area contributed by atoms with E-state index in [1.54, 1.807) is 30.3 Å². The molecule has 0 saturated heterocycles. The van der Waals surface area contributed by atoms with Crippen LogP contribution in [0.15, 0.2) is 48.5 Å². The first-order valence-electron chi connectivity index (χ1n) is 6.87. The average Bonchev–Trinajstić information content (AvgIpc) is 2.53. The molecule has 6 N–H and O–H groups in total. The summed E-state index contributed by atoms with van der Waals surface area (Å²) in [5.74, 6) is -0.338. The molecule has 2 aromatic carbocycles. The molecule has 158 valence electrons. The van der Waals surface area contributed by atoms with Gasteiger partial charge in [0, 0.05) is 6.10 Å². The van der Waals surface area contributed by atoms with Crippen LogP contribution in [0.1, 0.15) is 7.43 Å². The zero-order valence-corrected chi connectivity index (χ0v) is 15.0. The van der Waals surface area contributed by atoms with E-state index in [9.17, 15) is 20.4 Å². The molecule has 0 bridgehead atoms. The zero-order valence-electron chi connectivity index (χ0n) is 13.1. The third-order valence-corrected chi connectivity index (χ3v) is 3.70. The minimum atomic E-state index is -1.26. The van der Waals surface area contributed by atoms with Crippen molar-refractivity contribution < 1.29 is 65.5 Å². The molecule has 1 aliphatic rings. The fourth-order valence-electron chi connectivity index (χ4n) is 2.41. The minimum absolute atomic E-state index is 0. The number of phenols is 1. The van der Waals surface area contributed by atoms with Gasteiger partial charge in [-0.2, -0.15) is 0 Å². The van der Waals surface area contributed by atoms with E-state index in [4.69, 9.17) is 0 Å². The van der Waals surface area contributed by atoms with E-state index in [2.05, 4.69) is 10.6 Å². The molecule has 0 heterocycles. The van der Waals surface area contributed by atoms with E-state index >= 15 is 0 Å². The Morgan fingerprint density at radius 2 is 1.26 bits per heavy atom. The van der Waals surface area contributed by atoms with Crippen LogP contribution < -0.4 is 10.2 Å². The van der Waals surface area contributed by atoms with Crippen molar-refractivity contribution in [2.45, 2.75) is 31.7 Å². The van der Waals surface area contributed by atoms with Crippen LogP contribution in [0.2, 0.25) is 0 Å². The fourth-order valence-corrected chi connectivity index (χ4v) is 2.41. The third kappa shape index (κ3) is 6.27. The second-order valence-electron chi connectivity index (χ2n) is 5.15. The molecule has 0 amide bonds. The van der Waals surface area contributed by atoms with Gasteiger partial charge in [-0.05, 0) is 6.07 Å². The van der Waals surface area contributed by atoms with Gasteiger partial charge in [0.25, 0.3) is 0 Å². The van der Waals surface area contributed by atoms with E-state index in [1.165, 1.54) is 18.2 Å². The number of benzene rings is 2. The maximum Gasteiger partial charge on any atom is 2.00 e. The molecule has 10 heteroatoms. The molecule has 2 radical (unpaired) electrons. The predicted molar refractivity (Wildman–Crippen MR) is 91.4 cm³/mol. The minimum Gasteiger partial charge on any atom is -0.873 e. The van der Waals surface area contributed by atoms with Gasteiger partial charge in [0.1, 0.15) is 5.75 Å². The fraction of sp³-hybridized carbons (Fsp3) is 0.294. The normalized spacial score (nSPS) is 22.0. The summed E-state index contributed by atoms with van der Waals surface area (Å²) in [6, 6.07) is 10.6. The van der Waals surface area contributed by atoms with E-state index in [-0.39, 0.29) is 75.4 Å². The third-order valence-electron chi connectivity index (χ3n) is 3.70. The first-order chi connectivity index (χ1) is 10.6. The Balaban J connectivity index is -0.00000115. The van der Waals surface area contributed by atoms with Crippen molar-refractivity contribution in [2.75, 3.05) is 0 Å². The molecule has 1 aliphatic carbocycles. The van der Waals surface area contributed by atoms with Crippen LogP contribution in [0.5, 0.6) is 11.5 Å². The number of nitrogens with zero attached hydrogens (tertiary/aromatic N) is 2. The molecule has 3 rings (SSSR count). The Morgan fingerprint density at radius 1 is 0.815 bits per heavy atom. The molecule has 4 unspecified atom stereocenters. The van der Waals surface area contributed by atoms with Crippen LogP contribution in [0.3, 0.4) is 0 Å². The summed E-state index contributed by atoms with van der Waals surface area (Å²) >= 11 is 0. The molecule has 0 spiro atoms. The first kappa shape index (κ1) is 30.3. The summed E-state index contributed by atoms with van der Waals surface area (Å²) < 4.78 is 0. The van der Waals surface area contributed by atoms with Gasteiger partial charge in [-0.25, -0.2) is 0 Å². The maximum atomic E-state index is 12.2. The Bertz CT molecular complexity index is 614. The molecule has 27 heavy (non-hydrogen) atoms. The van der Waals surface area contributed by atoms with Crippen LogP contribution in [-0.4, -0.2) is 45.5 Å². The number of rotatable bonds is 4. The number of phenolic OH excluding ortho intramolecular Hbond substituents is 1. The average molecular weight is 477 g/mol. The van der Waals surface area contributed by atoms with Crippen molar-refractivity contribution in [3.05, 3.63) is 59.2 Å². The molecular formula is C17H22Cu2N2O6. The van der Waals surface area contributed by atoms with Crippen LogP contribution in [0, 0.1) is 0 Å². The Morgan fingerprint density at radius 3 is 1.74 bits per heavy atom. The molecule has 1 fully saturated rings. The number of aliphatic hydroxyl groups excluding tert-OH is 1. The second kappa shape index (κ2) is 12.8. The van der Waals surface area contributed by atoms with Gasteiger partial charge in [0.15, 0.2) is 0 Å². The maximum absolute atomic E-state index is 12.2. The van der Waals surface area contributed by atoms with Crippen LogP contribution in [0.4, 0.5) is 11.4 Å². The smallest absolute Gasteiger partial charge is 0.873 e. The second-order valence-corrected chi connectivity index (χ2v) is 5.15. The Kier molecular flexibility index (Phi) is 14.4. The van der Waals surface area contributed by atoms with Crippen LogP contribution >= 0.6 is 0 Å². The van der Waals surface area contributed by atoms with Crippen LogP contribution in [0.25, 0.3) is 10.6 Å². The van der Waals surface area contributed by atoms with Gasteiger partial charge < -0.3 is 42.0 Å². The largest absolute Gasteiger partial charge is 2.00 e. The van der Waals surface area contributed by atoms with E-state index < -0.39 is 24.3 Å². The summed E-state index contributed by atoms with van der Waals surface area (Å²) in [7, 11) is 0. The first-order valence-corrected chi connectivity index (χ1v) is 6.87. The van der Waals surface area contributed by atoms with Crippen molar-refractivity contribution in [1.29, 1.82) is 0 Å². The van der Waals surface area contributed by atoms with E-state index in [0.717, 1.165) is 0 Å². The molecule has 0 aromatic heterocycles. The summed E-state index contributed by atoms with van der Waals surface area (Å²) in [5.41, 5.74) is 0.420. The Labute approximate surface area is 179 Å². The van der Waals surface area contributed by atoms with Gasteiger partial charge in [0.05, 0.1) is 0 Å². The molecule has 8 nitrogen and oxygen atoms in total. The number of hydrogen-bond acceptors (Lipinski definition) is 4. The van der Waals surface area contributed by atoms with Crippen molar-refractivity contribution in [2.24, 2.45) is 0 Å².